The summed E-state index contributed by atoms with van der Waals surface area (Å²) in [4.78, 5) is 4.33. The van der Waals surface area contributed by atoms with Crippen LogP contribution in [-0.4, -0.2) is 35.9 Å². The van der Waals surface area contributed by atoms with Crippen molar-refractivity contribution in [3.8, 4) is 17.1 Å². The highest BCUT2D eigenvalue weighted by Gasteiger charge is 2.23. The molecule has 0 aliphatic rings. The molecule has 0 unspecified atom stereocenters. The van der Waals surface area contributed by atoms with Gasteiger partial charge in [-0.15, -0.1) is 0 Å². The minimum absolute atomic E-state index is 0.122. The fourth-order valence-electron chi connectivity index (χ4n) is 2.43. The molecular formula is C15H17N5O4S. The Labute approximate surface area is 144 Å². The summed E-state index contributed by atoms with van der Waals surface area (Å²) in [5.74, 6) is 1.06. The van der Waals surface area contributed by atoms with Crippen LogP contribution < -0.4 is 9.46 Å². The zero-order valence-corrected chi connectivity index (χ0v) is 14.7. The Bertz CT molecular complexity index is 974. The highest BCUT2D eigenvalue weighted by atomic mass is 32.2. The molecule has 2 aromatic heterocycles. The van der Waals surface area contributed by atoms with Gasteiger partial charge in [0.1, 0.15) is 10.6 Å². The second-order valence-electron chi connectivity index (χ2n) is 5.30. The molecule has 0 fully saturated rings. The Balaban J connectivity index is 1.78. The largest absolute Gasteiger partial charge is 0.496 e. The van der Waals surface area contributed by atoms with E-state index in [2.05, 4.69) is 25.1 Å². The topological polar surface area (TPSA) is 123 Å². The molecule has 0 radical (unpaired) electrons. The van der Waals surface area contributed by atoms with Crippen molar-refractivity contribution in [3.63, 3.8) is 0 Å². The van der Waals surface area contributed by atoms with Crippen LogP contribution in [0.5, 0.6) is 5.75 Å². The number of sulfonamides is 1. The molecule has 0 saturated heterocycles. The van der Waals surface area contributed by atoms with E-state index < -0.39 is 10.0 Å². The Morgan fingerprint density at radius 2 is 2.04 bits per heavy atom. The number of nitrogens with one attached hydrogen (secondary N) is 2. The maximum absolute atomic E-state index is 12.4. The average molecular weight is 363 g/mol. The summed E-state index contributed by atoms with van der Waals surface area (Å²) < 4.78 is 37.6. The van der Waals surface area contributed by atoms with Gasteiger partial charge in [-0.1, -0.05) is 17.3 Å². The van der Waals surface area contributed by atoms with Gasteiger partial charge in [0.05, 0.1) is 30.6 Å². The summed E-state index contributed by atoms with van der Waals surface area (Å²) in [6.07, 6.45) is 0. The van der Waals surface area contributed by atoms with Crippen LogP contribution in [0.1, 0.15) is 17.3 Å². The van der Waals surface area contributed by atoms with Gasteiger partial charge in [0.15, 0.2) is 0 Å². The molecule has 0 aliphatic carbocycles. The van der Waals surface area contributed by atoms with E-state index in [-0.39, 0.29) is 17.3 Å². The van der Waals surface area contributed by atoms with Crippen molar-refractivity contribution in [2.45, 2.75) is 25.3 Å². The number of hydrogen-bond donors (Lipinski definition) is 2. The first-order valence-corrected chi connectivity index (χ1v) is 8.88. The first-order valence-electron chi connectivity index (χ1n) is 7.39. The Kier molecular flexibility index (Phi) is 4.55. The molecule has 0 atom stereocenters. The van der Waals surface area contributed by atoms with Crippen LogP contribution >= 0.6 is 0 Å². The number of aromatic amines is 1. The van der Waals surface area contributed by atoms with Gasteiger partial charge in [-0.2, -0.15) is 10.1 Å². The number of rotatable bonds is 6. The molecule has 0 saturated carbocycles. The van der Waals surface area contributed by atoms with Crippen molar-refractivity contribution in [2.24, 2.45) is 0 Å². The third-order valence-corrected chi connectivity index (χ3v) is 5.22. The van der Waals surface area contributed by atoms with E-state index in [4.69, 9.17) is 9.26 Å². The standard InChI is InChI=1S/C15H17N5O4S/c1-9-14(10(2)19-18-9)25(21,22)16-8-13-17-15(20-24-13)11-6-4-5-7-12(11)23-3/h4-7,16H,8H2,1-3H3,(H,18,19). The number of para-hydroxylation sites is 1. The minimum Gasteiger partial charge on any atom is -0.496 e. The van der Waals surface area contributed by atoms with Gasteiger partial charge in [-0.05, 0) is 26.0 Å². The van der Waals surface area contributed by atoms with Gasteiger partial charge in [-0.25, -0.2) is 13.1 Å². The summed E-state index contributed by atoms with van der Waals surface area (Å²) in [6, 6.07) is 7.21. The SMILES string of the molecule is COc1ccccc1-c1noc(CNS(=O)(=O)c2c(C)n[nH]c2C)n1. The highest BCUT2D eigenvalue weighted by molar-refractivity contribution is 7.89. The number of ether oxygens (including phenoxy) is 1. The van der Waals surface area contributed by atoms with E-state index in [1.165, 1.54) is 0 Å². The lowest BCUT2D eigenvalue weighted by Gasteiger charge is -2.04. The Hall–Kier alpha value is -2.72. The first-order chi connectivity index (χ1) is 11.9. The molecule has 0 spiro atoms. The maximum atomic E-state index is 12.4. The summed E-state index contributed by atoms with van der Waals surface area (Å²) in [5, 5.41) is 10.4. The van der Waals surface area contributed by atoms with Crippen LogP contribution in [0.25, 0.3) is 11.4 Å². The van der Waals surface area contributed by atoms with Gasteiger partial charge in [0.25, 0.3) is 0 Å². The van der Waals surface area contributed by atoms with Crippen molar-refractivity contribution in [1.29, 1.82) is 0 Å². The Morgan fingerprint density at radius 1 is 1.28 bits per heavy atom. The van der Waals surface area contributed by atoms with E-state index in [1.807, 2.05) is 12.1 Å². The highest BCUT2D eigenvalue weighted by Crippen LogP contribution is 2.27. The van der Waals surface area contributed by atoms with Crippen LogP contribution in [0.15, 0.2) is 33.7 Å². The second kappa shape index (κ2) is 6.65. The van der Waals surface area contributed by atoms with Gasteiger partial charge < -0.3 is 9.26 Å². The quantitative estimate of drug-likeness (QED) is 0.681. The summed E-state index contributed by atoms with van der Waals surface area (Å²) in [7, 11) is -2.20. The van der Waals surface area contributed by atoms with Crippen molar-refractivity contribution in [3.05, 3.63) is 41.5 Å². The van der Waals surface area contributed by atoms with E-state index >= 15 is 0 Å². The molecular weight excluding hydrogens is 346 g/mol. The minimum atomic E-state index is -3.74. The van der Waals surface area contributed by atoms with Crippen molar-refractivity contribution in [2.75, 3.05) is 7.11 Å². The van der Waals surface area contributed by atoms with Crippen LogP contribution in [-0.2, 0) is 16.6 Å². The lowest BCUT2D eigenvalue weighted by atomic mass is 10.2. The molecule has 0 amide bonds. The molecule has 10 heteroatoms. The molecule has 0 aliphatic heterocycles. The summed E-state index contributed by atoms with van der Waals surface area (Å²) in [6.45, 7) is 3.13. The van der Waals surface area contributed by atoms with Crippen molar-refractivity contribution < 1.29 is 17.7 Å². The number of H-pyrrole nitrogens is 1. The molecule has 132 valence electrons. The number of benzene rings is 1. The average Bonchev–Trinajstić information content (AvgIpc) is 3.20. The number of methoxy groups -OCH3 is 1. The van der Waals surface area contributed by atoms with E-state index in [0.717, 1.165) is 0 Å². The maximum Gasteiger partial charge on any atom is 0.244 e. The van der Waals surface area contributed by atoms with E-state index in [9.17, 15) is 8.42 Å². The molecule has 1 aromatic carbocycles. The van der Waals surface area contributed by atoms with Gasteiger partial charge in [0.2, 0.25) is 21.7 Å². The summed E-state index contributed by atoms with van der Waals surface area (Å²) in [5.41, 5.74) is 1.51. The molecule has 2 heterocycles. The fourth-order valence-corrected chi connectivity index (χ4v) is 3.77. The van der Waals surface area contributed by atoms with Gasteiger partial charge >= 0.3 is 0 Å². The second-order valence-corrected chi connectivity index (χ2v) is 7.00. The third-order valence-electron chi connectivity index (χ3n) is 3.56. The zero-order chi connectivity index (χ0) is 18.0. The van der Waals surface area contributed by atoms with Crippen LogP contribution in [0.2, 0.25) is 0 Å². The zero-order valence-electron chi connectivity index (χ0n) is 13.9. The third kappa shape index (κ3) is 3.39. The molecule has 3 rings (SSSR count). The van der Waals surface area contributed by atoms with Gasteiger partial charge in [0, 0.05) is 0 Å². The van der Waals surface area contributed by atoms with E-state index in [1.54, 1.807) is 33.1 Å². The number of hydrogen-bond acceptors (Lipinski definition) is 7. The lowest BCUT2D eigenvalue weighted by Crippen LogP contribution is -2.24. The predicted molar refractivity (Wildman–Crippen MR) is 88.4 cm³/mol. The molecule has 3 aromatic rings. The lowest BCUT2D eigenvalue weighted by molar-refractivity contribution is 0.375. The first kappa shape index (κ1) is 17.1. The molecule has 2 N–H and O–H groups in total. The van der Waals surface area contributed by atoms with Gasteiger partial charge in [-0.3, -0.25) is 5.10 Å². The van der Waals surface area contributed by atoms with Crippen LogP contribution in [0, 0.1) is 13.8 Å². The van der Waals surface area contributed by atoms with Crippen LogP contribution in [0.4, 0.5) is 0 Å². The molecule has 0 bridgehead atoms. The molecule has 25 heavy (non-hydrogen) atoms. The van der Waals surface area contributed by atoms with Crippen molar-refractivity contribution in [1.82, 2.24) is 25.1 Å². The summed E-state index contributed by atoms with van der Waals surface area (Å²) >= 11 is 0. The van der Waals surface area contributed by atoms with E-state index in [0.29, 0.717) is 28.5 Å². The van der Waals surface area contributed by atoms with Crippen LogP contribution in [0.3, 0.4) is 0 Å². The number of aryl methyl sites for hydroxylation is 2. The fraction of sp³-hybridized carbons (Fsp3) is 0.267. The predicted octanol–water partition coefficient (Wildman–Crippen LogP) is 1.56. The number of nitrogens with zero attached hydrogens (tertiary/aromatic N) is 3. The molecule has 9 nitrogen and oxygen atoms in total. The van der Waals surface area contributed by atoms with Crippen molar-refractivity contribution >= 4 is 10.0 Å². The monoisotopic (exact) mass is 363 g/mol. The normalized spacial score (nSPS) is 11.6. The smallest absolute Gasteiger partial charge is 0.244 e. The Morgan fingerprint density at radius 3 is 2.72 bits per heavy atom. The number of aromatic nitrogens is 4.